The van der Waals surface area contributed by atoms with Crippen molar-refractivity contribution >= 4 is 39.5 Å². The molecule has 0 amide bonds. The molecule has 96 heavy (non-hydrogen) atoms. The SMILES string of the molecule is CC/C=C\C/C=C\C/C=C\C/C=C\C/C=C\CC(=O)OCC(COP(=O)(O)OCC(O)COP(=O)(O)OCC(COC(=O)CCCCCCC/C=C\C/C=C\C/C=C\CC)OC(=O)CCCCCCCCCCCCC)OC(=O)C/C=C\C/C=C\C/C=C\C/C=C\C/C=C\CC. The van der Waals surface area contributed by atoms with Crippen LogP contribution >= 0.6 is 15.6 Å². The number of hydrogen-bond donors (Lipinski definition) is 3. The fraction of sp³-hybridized carbons (Fsp3) is 0.610. The lowest BCUT2D eigenvalue weighted by atomic mass is 10.1. The molecular weight excluding hydrogens is 1260 g/mol. The predicted octanol–water partition coefficient (Wildman–Crippen LogP) is 20.1. The maximum absolute atomic E-state index is 13.0. The molecule has 5 atom stereocenters. The van der Waals surface area contributed by atoms with Crippen molar-refractivity contribution in [3.8, 4) is 0 Å². The van der Waals surface area contributed by atoms with E-state index in [9.17, 15) is 43.2 Å². The molecule has 0 aliphatic heterocycles. The van der Waals surface area contributed by atoms with Crippen molar-refractivity contribution in [2.24, 2.45) is 0 Å². The smallest absolute Gasteiger partial charge is 0.462 e. The van der Waals surface area contributed by atoms with Crippen molar-refractivity contribution in [3.05, 3.63) is 158 Å². The molecule has 0 aromatic rings. The van der Waals surface area contributed by atoms with Gasteiger partial charge in [-0.05, 0) is 109 Å². The van der Waals surface area contributed by atoms with E-state index < -0.39 is 97.5 Å². The maximum Gasteiger partial charge on any atom is 0.472 e. The second-order valence-electron chi connectivity index (χ2n) is 23.1. The zero-order valence-corrected chi connectivity index (χ0v) is 60.8. The van der Waals surface area contributed by atoms with Gasteiger partial charge in [0.2, 0.25) is 0 Å². The lowest BCUT2D eigenvalue weighted by Gasteiger charge is -2.21. The van der Waals surface area contributed by atoms with E-state index >= 15 is 0 Å². The Kier molecular flexibility index (Phi) is 64.4. The van der Waals surface area contributed by atoms with Gasteiger partial charge in [0.15, 0.2) is 12.2 Å². The van der Waals surface area contributed by atoms with Crippen molar-refractivity contribution < 1.29 is 80.2 Å². The highest BCUT2D eigenvalue weighted by Gasteiger charge is 2.30. The first-order valence-electron chi connectivity index (χ1n) is 35.7. The second kappa shape index (κ2) is 68.2. The maximum atomic E-state index is 13.0. The molecule has 0 aromatic carbocycles. The van der Waals surface area contributed by atoms with Crippen molar-refractivity contribution in [1.82, 2.24) is 0 Å². The van der Waals surface area contributed by atoms with Crippen LogP contribution in [0.2, 0.25) is 0 Å². The number of phosphoric acid groups is 2. The van der Waals surface area contributed by atoms with E-state index in [0.29, 0.717) is 25.7 Å². The Morgan fingerprint density at radius 3 is 0.969 bits per heavy atom. The molecule has 544 valence electrons. The van der Waals surface area contributed by atoms with E-state index in [1.807, 2.05) is 24.3 Å². The summed E-state index contributed by atoms with van der Waals surface area (Å²) in [4.78, 5) is 72.5. The van der Waals surface area contributed by atoms with E-state index in [1.165, 1.54) is 38.5 Å². The molecule has 3 N–H and O–H groups in total. The molecule has 0 saturated heterocycles. The molecule has 17 nitrogen and oxygen atoms in total. The first kappa shape index (κ1) is 90.7. The topological polar surface area (TPSA) is 237 Å². The van der Waals surface area contributed by atoms with Crippen LogP contribution in [-0.2, 0) is 65.4 Å². The van der Waals surface area contributed by atoms with Crippen LogP contribution in [0.25, 0.3) is 0 Å². The Balaban J connectivity index is 5.49. The molecule has 0 heterocycles. The van der Waals surface area contributed by atoms with Crippen LogP contribution < -0.4 is 0 Å². The lowest BCUT2D eigenvalue weighted by Crippen LogP contribution is -2.30. The quantitative estimate of drug-likeness (QED) is 0.0169. The molecule has 0 aliphatic carbocycles. The van der Waals surface area contributed by atoms with Crippen LogP contribution in [0, 0.1) is 0 Å². The average Bonchev–Trinajstić information content (AvgIpc) is 1.09. The molecule has 5 unspecified atom stereocenters. The zero-order valence-electron chi connectivity index (χ0n) is 59.0. The highest BCUT2D eigenvalue weighted by atomic mass is 31.2. The number of hydrogen-bond acceptors (Lipinski definition) is 15. The summed E-state index contributed by atoms with van der Waals surface area (Å²) in [5.41, 5.74) is 0. The van der Waals surface area contributed by atoms with Crippen molar-refractivity contribution in [2.45, 2.75) is 264 Å². The van der Waals surface area contributed by atoms with Gasteiger partial charge in [0, 0.05) is 12.8 Å². The highest BCUT2D eigenvalue weighted by Crippen LogP contribution is 2.45. The normalized spacial score (nSPS) is 14.9. The van der Waals surface area contributed by atoms with Gasteiger partial charge in [-0.15, -0.1) is 0 Å². The summed E-state index contributed by atoms with van der Waals surface area (Å²) in [6.45, 7) is 4.23. The molecule has 0 fully saturated rings. The van der Waals surface area contributed by atoms with Gasteiger partial charge in [-0.1, -0.05) is 269 Å². The van der Waals surface area contributed by atoms with E-state index in [-0.39, 0.29) is 25.7 Å². The Bertz CT molecular complexity index is 2450. The lowest BCUT2D eigenvalue weighted by molar-refractivity contribution is -0.161. The predicted molar refractivity (Wildman–Crippen MR) is 390 cm³/mol. The summed E-state index contributed by atoms with van der Waals surface area (Å²) in [5.74, 6) is -2.51. The number of aliphatic hydroxyl groups is 1. The number of unbranched alkanes of at least 4 members (excludes halogenated alkanes) is 15. The van der Waals surface area contributed by atoms with Gasteiger partial charge in [-0.25, -0.2) is 9.13 Å². The number of carbonyl (C=O) groups excluding carboxylic acids is 4. The monoisotopic (exact) mass is 1380 g/mol. The summed E-state index contributed by atoms with van der Waals surface area (Å²) < 4.78 is 68.0. The van der Waals surface area contributed by atoms with Crippen LogP contribution in [0.15, 0.2) is 158 Å². The summed E-state index contributed by atoms with van der Waals surface area (Å²) in [6, 6.07) is 0. The van der Waals surface area contributed by atoms with Gasteiger partial charge < -0.3 is 33.8 Å². The molecule has 0 radical (unpaired) electrons. The Hall–Kier alpha value is -5.32. The fourth-order valence-corrected chi connectivity index (χ4v) is 10.3. The Morgan fingerprint density at radius 2 is 0.594 bits per heavy atom. The minimum Gasteiger partial charge on any atom is -0.462 e. The van der Waals surface area contributed by atoms with Crippen molar-refractivity contribution in [3.63, 3.8) is 0 Å². The average molecular weight is 1380 g/mol. The van der Waals surface area contributed by atoms with Crippen LogP contribution in [0.4, 0.5) is 0 Å². The number of carbonyl (C=O) groups is 4. The number of aliphatic hydroxyl groups excluding tert-OH is 1. The standard InChI is InChI=1S/C77H124O17P2/c1-5-9-13-17-21-25-29-32-35-38-42-45-49-53-57-61-74(79)87-67-72(93-76(81)63-59-55-51-47-41-28-24-20-16-12-8-4)69-91-95(83,84)89-65-71(78)66-90-96(85,86)92-70-73(94-77(82)64-60-56-52-48-44-40-37-34-31-27-23-19-15-11-7-3)68-88-75(80)62-58-54-50-46-43-39-36-33-30-26-22-18-14-10-6-2/h9-11,13-15,21-23,25-27,32-37,43-44,46,48,54,56,58,60,71-73,78H,5-8,12,16-20,24,28-31,38-42,45,47,49-53,55,57,59,61-70H2,1-4H3,(H,83,84)(H,85,86)/b13-9-,14-10-,15-11-,25-21-,26-22-,27-23-,35-32-,36-33-,37-34-,46-43-,48-44-,58-54-,60-56-. The van der Waals surface area contributed by atoms with Gasteiger partial charge in [-0.2, -0.15) is 0 Å². The summed E-state index contributed by atoms with van der Waals surface area (Å²) >= 11 is 0. The third kappa shape index (κ3) is 67.3. The number of allylic oxidation sites excluding steroid dienone is 24. The number of ether oxygens (including phenoxy) is 4. The Labute approximate surface area is 579 Å². The summed E-state index contributed by atoms with van der Waals surface area (Å²) in [6.07, 6.45) is 77.5. The molecule has 0 rings (SSSR count). The summed E-state index contributed by atoms with van der Waals surface area (Å²) in [5, 5.41) is 10.6. The first-order valence-corrected chi connectivity index (χ1v) is 38.7. The largest absolute Gasteiger partial charge is 0.472 e. The minimum absolute atomic E-state index is 0.0840. The Morgan fingerprint density at radius 1 is 0.312 bits per heavy atom. The second-order valence-corrected chi connectivity index (χ2v) is 26.0. The van der Waals surface area contributed by atoms with Crippen molar-refractivity contribution in [1.29, 1.82) is 0 Å². The van der Waals surface area contributed by atoms with Gasteiger partial charge >= 0.3 is 39.5 Å². The number of phosphoric ester groups is 2. The molecule has 0 aliphatic rings. The van der Waals surface area contributed by atoms with Crippen LogP contribution in [-0.4, -0.2) is 96.7 Å². The molecule has 0 aromatic heterocycles. The molecular formula is C77H124O17P2. The van der Waals surface area contributed by atoms with Crippen LogP contribution in [0.5, 0.6) is 0 Å². The molecule has 0 bridgehead atoms. The molecule has 0 saturated carbocycles. The van der Waals surface area contributed by atoms with Crippen LogP contribution in [0.3, 0.4) is 0 Å². The third-order valence-corrected chi connectivity index (χ3v) is 16.0. The first-order chi connectivity index (χ1) is 46.7. The fourth-order valence-electron chi connectivity index (χ4n) is 8.73. The van der Waals surface area contributed by atoms with E-state index in [1.54, 1.807) is 24.3 Å². The summed E-state index contributed by atoms with van der Waals surface area (Å²) in [7, 11) is -10.0. The van der Waals surface area contributed by atoms with Gasteiger partial charge in [0.05, 0.1) is 39.3 Å². The zero-order chi connectivity index (χ0) is 70.4. The number of rotatable bonds is 65. The van der Waals surface area contributed by atoms with Gasteiger partial charge in [0.25, 0.3) is 0 Å². The molecule has 19 heteroatoms. The van der Waals surface area contributed by atoms with E-state index in [0.717, 1.165) is 128 Å². The third-order valence-electron chi connectivity index (χ3n) is 14.1. The van der Waals surface area contributed by atoms with Crippen molar-refractivity contribution in [2.75, 3.05) is 39.6 Å². The molecule has 0 spiro atoms. The van der Waals surface area contributed by atoms with Crippen LogP contribution in [0.1, 0.15) is 246 Å². The number of esters is 4. The highest BCUT2D eigenvalue weighted by molar-refractivity contribution is 7.47. The van der Waals surface area contributed by atoms with Gasteiger partial charge in [-0.3, -0.25) is 37.3 Å². The van der Waals surface area contributed by atoms with Gasteiger partial charge in [0.1, 0.15) is 19.3 Å². The van der Waals surface area contributed by atoms with E-state index in [4.69, 9.17) is 37.0 Å². The van der Waals surface area contributed by atoms with E-state index in [2.05, 4.69) is 137 Å². The minimum atomic E-state index is -5.02.